The summed E-state index contributed by atoms with van der Waals surface area (Å²) < 4.78 is 0. The van der Waals surface area contributed by atoms with Crippen molar-refractivity contribution >= 4 is 5.69 Å². The third-order valence-electron chi connectivity index (χ3n) is 2.76. The maximum absolute atomic E-state index is 11.6. The first-order valence-electron chi connectivity index (χ1n) is 6.00. The Labute approximate surface area is 106 Å². The molecule has 0 fully saturated rings. The number of aromatic amines is 1. The number of hydrogen-bond donors (Lipinski definition) is 2. The molecule has 2 heterocycles. The highest BCUT2D eigenvalue weighted by Crippen LogP contribution is 2.24. The first-order valence-corrected chi connectivity index (χ1v) is 6.00. The molecule has 0 spiro atoms. The predicted molar refractivity (Wildman–Crippen MR) is 73.2 cm³/mol. The number of pyridine rings is 2. The van der Waals surface area contributed by atoms with E-state index in [4.69, 9.17) is 5.73 Å². The summed E-state index contributed by atoms with van der Waals surface area (Å²) in [5.74, 6) is 0.463. The van der Waals surface area contributed by atoms with E-state index < -0.39 is 0 Å². The molecule has 0 saturated carbocycles. The van der Waals surface area contributed by atoms with Crippen LogP contribution >= 0.6 is 0 Å². The molecular weight excluding hydrogens is 226 g/mol. The van der Waals surface area contributed by atoms with E-state index in [1.807, 2.05) is 12.1 Å². The van der Waals surface area contributed by atoms with Crippen LogP contribution in [0.25, 0.3) is 11.1 Å². The molecule has 0 aliphatic heterocycles. The van der Waals surface area contributed by atoms with Gasteiger partial charge in [-0.05, 0) is 36.1 Å². The lowest BCUT2D eigenvalue weighted by molar-refractivity contribution is 0.635. The molecule has 4 heteroatoms. The molecular formula is C14H17N3O. The molecule has 0 aliphatic carbocycles. The number of nitrogens with zero attached hydrogens (tertiary/aromatic N) is 1. The van der Waals surface area contributed by atoms with Crippen molar-refractivity contribution in [2.24, 2.45) is 5.92 Å². The van der Waals surface area contributed by atoms with Gasteiger partial charge in [0.05, 0.1) is 5.69 Å². The fourth-order valence-electron chi connectivity index (χ4n) is 1.94. The van der Waals surface area contributed by atoms with E-state index in [0.717, 1.165) is 23.2 Å². The molecule has 18 heavy (non-hydrogen) atoms. The van der Waals surface area contributed by atoms with Crippen LogP contribution in [0.1, 0.15) is 19.5 Å². The van der Waals surface area contributed by atoms with Crippen molar-refractivity contribution in [3.8, 4) is 11.1 Å². The van der Waals surface area contributed by atoms with Gasteiger partial charge in [0.15, 0.2) is 0 Å². The second kappa shape index (κ2) is 5.04. The Morgan fingerprint density at radius 2 is 2.00 bits per heavy atom. The van der Waals surface area contributed by atoms with Gasteiger partial charge in [-0.2, -0.15) is 0 Å². The van der Waals surface area contributed by atoms with Gasteiger partial charge in [-0.15, -0.1) is 0 Å². The monoisotopic (exact) mass is 243 g/mol. The lowest BCUT2D eigenvalue weighted by Crippen LogP contribution is -2.15. The summed E-state index contributed by atoms with van der Waals surface area (Å²) in [5.41, 5.74) is 8.64. The molecule has 0 amide bonds. The van der Waals surface area contributed by atoms with Crippen LogP contribution in [-0.2, 0) is 6.42 Å². The molecule has 0 aliphatic rings. The highest BCUT2D eigenvalue weighted by molar-refractivity contribution is 5.68. The van der Waals surface area contributed by atoms with E-state index in [-0.39, 0.29) is 11.2 Å². The quantitative estimate of drug-likeness (QED) is 0.868. The third kappa shape index (κ3) is 2.59. The van der Waals surface area contributed by atoms with E-state index in [9.17, 15) is 4.79 Å². The van der Waals surface area contributed by atoms with Gasteiger partial charge in [-0.1, -0.05) is 13.8 Å². The van der Waals surface area contributed by atoms with Crippen molar-refractivity contribution in [1.29, 1.82) is 0 Å². The van der Waals surface area contributed by atoms with E-state index in [2.05, 4.69) is 23.8 Å². The molecule has 2 aromatic heterocycles. The Bertz CT molecular complexity index is 588. The number of nitrogen functional groups attached to an aromatic ring is 1. The van der Waals surface area contributed by atoms with Crippen LogP contribution < -0.4 is 11.3 Å². The molecule has 3 N–H and O–H groups in total. The van der Waals surface area contributed by atoms with Gasteiger partial charge < -0.3 is 10.7 Å². The standard InChI is InChI=1S/C14H17N3O/c1-9(2)7-13-11(8-12(15)14(18)17-13)10-3-5-16-6-4-10/h3-6,8-9H,7,15H2,1-2H3,(H,17,18). The maximum Gasteiger partial charge on any atom is 0.271 e. The molecule has 2 rings (SSSR count). The average Bonchev–Trinajstić information content (AvgIpc) is 2.34. The summed E-state index contributed by atoms with van der Waals surface area (Å²) in [7, 11) is 0. The fraction of sp³-hybridized carbons (Fsp3) is 0.286. The molecule has 94 valence electrons. The predicted octanol–water partition coefficient (Wildman–Crippen LogP) is 2.22. The molecule has 2 aromatic rings. The number of hydrogen-bond acceptors (Lipinski definition) is 3. The van der Waals surface area contributed by atoms with Crippen LogP contribution in [0.3, 0.4) is 0 Å². The van der Waals surface area contributed by atoms with Gasteiger partial charge >= 0.3 is 0 Å². The van der Waals surface area contributed by atoms with Crippen molar-refractivity contribution in [2.75, 3.05) is 5.73 Å². The fourth-order valence-corrected chi connectivity index (χ4v) is 1.94. The van der Waals surface area contributed by atoms with Gasteiger partial charge in [-0.3, -0.25) is 9.78 Å². The number of H-pyrrole nitrogens is 1. The Balaban J connectivity index is 2.57. The zero-order chi connectivity index (χ0) is 13.1. The Morgan fingerprint density at radius 3 is 2.61 bits per heavy atom. The topological polar surface area (TPSA) is 71.8 Å². The normalized spacial score (nSPS) is 10.8. The first kappa shape index (κ1) is 12.4. The number of nitrogens with two attached hydrogens (primary N) is 1. The molecule has 0 radical (unpaired) electrons. The maximum atomic E-state index is 11.6. The van der Waals surface area contributed by atoms with Gasteiger partial charge in [0.1, 0.15) is 0 Å². The summed E-state index contributed by atoms with van der Waals surface area (Å²) in [6.45, 7) is 4.23. The van der Waals surface area contributed by atoms with Gasteiger partial charge in [0.2, 0.25) is 0 Å². The first-order chi connectivity index (χ1) is 8.58. The largest absolute Gasteiger partial charge is 0.394 e. The second-order valence-electron chi connectivity index (χ2n) is 4.78. The molecule has 0 aromatic carbocycles. The van der Waals surface area contributed by atoms with Crippen molar-refractivity contribution < 1.29 is 0 Å². The van der Waals surface area contributed by atoms with Crippen LogP contribution in [0, 0.1) is 5.92 Å². The van der Waals surface area contributed by atoms with Gasteiger partial charge in [0.25, 0.3) is 5.56 Å². The SMILES string of the molecule is CC(C)Cc1[nH]c(=O)c(N)cc1-c1ccncc1. The van der Waals surface area contributed by atoms with Crippen molar-refractivity contribution in [3.63, 3.8) is 0 Å². The van der Waals surface area contributed by atoms with E-state index >= 15 is 0 Å². The van der Waals surface area contributed by atoms with E-state index in [1.54, 1.807) is 18.5 Å². The Kier molecular flexibility index (Phi) is 3.46. The zero-order valence-corrected chi connectivity index (χ0v) is 10.6. The molecule has 0 unspecified atom stereocenters. The Morgan fingerprint density at radius 1 is 1.33 bits per heavy atom. The highest BCUT2D eigenvalue weighted by atomic mass is 16.1. The molecule has 0 atom stereocenters. The van der Waals surface area contributed by atoms with Gasteiger partial charge in [-0.25, -0.2) is 0 Å². The molecule has 0 bridgehead atoms. The summed E-state index contributed by atoms with van der Waals surface area (Å²) >= 11 is 0. The number of rotatable bonds is 3. The van der Waals surface area contributed by atoms with Crippen LogP contribution in [0.2, 0.25) is 0 Å². The average molecular weight is 243 g/mol. The zero-order valence-electron chi connectivity index (χ0n) is 10.6. The lowest BCUT2D eigenvalue weighted by Gasteiger charge is -2.12. The van der Waals surface area contributed by atoms with Crippen molar-refractivity contribution in [2.45, 2.75) is 20.3 Å². The van der Waals surface area contributed by atoms with Crippen molar-refractivity contribution in [3.05, 3.63) is 46.6 Å². The Hall–Kier alpha value is -2.10. The van der Waals surface area contributed by atoms with Crippen molar-refractivity contribution in [1.82, 2.24) is 9.97 Å². The number of aromatic nitrogens is 2. The summed E-state index contributed by atoms with van der Waals surface area (Å²) in [6.07, 6.45) is 4.28. The number of anilines is 1. The third-order valence-corrected chi connectivity index (χ3v) is 2.76. The van der Waals surface area contributed by atoms with E-state index in [1.165, 1.54) is 0 Å². The van der Waals surface area contributed by atoms with Crippen LogP contribution in [0.5, 0.6) is 0 Å². The van der Waals surface area contributed by atoms with Crippen LogP contribution in [-0.4, -0.2) is 9.97 Å². The minimum Gasteiger partial charge on any atom is -0.394 e. The van der Waals surface area contributed by atoms with Crippen LogP contribution in [0.4, 0.5) is 5.69 Å². The minimum absolute atomic E-state index is 0.219. The second-order valence-corrected chi connectivity index (χ2v) is 4.78. The molecule has 0 saturated heterocycles. The van der Waals surface area contributed by atoms with Gasteiger partial charge in [0, 0.05) is 23.7 Å². The smallest absolute Gasteiger partial charge is 0.271 e. The molecule has 4 nitrogen and oxygen atoms in total. The lowest BCUT2D eigenvalue weighted by atomic mass is 9.98. The highest BCUT2D eigenvalue weighted by Gasteiger charge is 2.10. The number of nitrogens with one attached hydrogen (secondary N) is 1. The minimum atomic E-state index is -0.219. The summed E-state index contributed by atoms with van der Waals surface area (Å²) in [6, 6.07) is 5.57. The van der Waals surface area contributed by atoms with E-state index in [0.29, 0.717) is 5.92 Å². The van der Waals surface area contributed by atoms with Crippen LogP contribution in [0.15, 0.2) is 35.4 Å². The summed E-state index contributed by atoms with van der Waals surface area (Å²) in [5, 5.41) is 0. The summed E-state index contributed by atoms with van der Waals surface area (Å²) in [4.78, 5) is 18.5.